The van der Waals surface area contributed by atoms with Gasteiger partial charge in [0.05, 0.1) is 0 Å². The molecule has 0 saturated heterocycles. The van der Waals surface area contributed by atoms with E-state index in [1.165, 1.54) is 6.08 Å². The number of carbonyl (C=O) groups is 2. The number of benzene rings is 2. The summed E-state index contributed by atoms with van der Waals surface area (Å²) in [6.07, 6.45) is 1.40. The van der Waals surface area contributed by atoms with Crippen LogP contribution in [0.5, 0.6) is 0 Å². The number of rotatable bonds is 9. The molecule has 2 aromatic rings. The quantitative estimate of drug-likeness (QED) is 0.602. The van der Waals surface area contributed by atoms with Crippen molar-refractivity contribution in [3.8, 4) is 0 Å². The van der Waals surface area contributed by atoms with Crippen LogP contribution in [0.4, 0.5) is 0 Å². The average Bonchev–Trinajstić information content (AvgIpc) is 2.70. The highest BCUT2D eigenvalue weighted by atomic mass is 35.5. The Kier molecular flexibility index (Phi) is 8.19. The summed E-state index contributed by atoms with van der Waals surface area (Å²) in [7, 11) is -3.81. The lowest BCUT2D eigenvalue weighted by Crippen LogP contribution is -2.33. The van der Waals surface area contributed by atoms with Crippen LogP contribution >= 0.6 is 11.6 Å². The van der Waals surface area contributed by atoms with Gasteiger partial charge in [-0.2, -0.15) is 0 Å². The number of hydrogen-bond acceptors (Lipinski definition) is 5. The van der Waals surface area contributed by atoms with E-state index in [9.17, 15) is 18.0 Å². The third-order valence-electron chi connectivity index (χ3n) is 3.42. The molecule has 9 heteroatoms. The van der Waals surface area contributed by atoms with E-state index in [4.69, 9.17) is 16.3 Å². The number of halogens is 1. The number of hydrogen-bond donors (Lipinski definition) is 2. The smallest absolute Gasteiger partial charge is 0.321 e. The first kappa shape index (κ1) is 21.6. The molecule has 0 atom stereocenters. The maximum Gasteiger partial charge on any atom is 0.321 e. The monoisotopic (exact) mass is 422 g/mol. The molecule has 0 heterocycles. The zero-order valence-corrected chi connectivity index (χ0v) is 16.4. The van der Waals surface area contributed by atoms with Crippen molar-refractivity contribution >= 4 is 39.6 Å². The number of esters is 1. The Morgan fingerprint density at radius 2 is 1.71 bits per heavy atom. The summed E-state index contributed by atoms with van der Waals surface area (Å²) in [5.74, 6) is -1.37. The second-order valence-corrected chi connectivity index (χ2v) is 7.73. The van der Waals surface area contributed by atoms with Crippen molar-refractivity contribution in [2.45, 2.75) is 6.54 Å². The van der Waals surface area contributed by atoms with Gasteiger partial charge in [-0.05, 0) is 29.3 Å². The van der Waals surface area contributed by atoms with Gasteiger partial charge in [-0.15, -0.1) is 0 Å². The summed E-state index contributed by atoms with van der Waals surface area (Å²) >= 11 is 5.77. The van der Waals surface area contributed by atoms with E-state index in [2.05, 4.69) is 10.0 Å². The van der Waals surface area contributed by atoms with Gasteiger partial charge < -0.3 is 10.1 Å². The van der Waals surface area contributed by atoms with E-state index in [-0.39, 0.29) is 6.54 Å². The van der Waals surface area contributed by atoms with Crippen molar-refractivity contribution < 1.29 is 22.7 Å². The molecule has 148 valence electrons. The van der Waals surface area contributed by atoms with Gasteiger partial charge in [0.1, 0.15) is 6.54 Å². The van der Waals surface area contributed by atoms with Crippen LogP contribution in [0.25, 0.3) is 6.08 Å². The molecule has 2 N–H and O–H groups in total. The minimum absolute atomic E-state index is 0.254. The Morgan fingerprint density at radius 3 is 2.39 bits per heavy atom. The molecule has 2 rings (SSSR count). The number of amides is 1. The Morgan fingerprint density at radius 1 is 1.04 bits per heavy atom. The molecule has 0 aromatic heterocycles. The van der Waals surface area contributed by atoms with E-state index < -0.39 is 35.1 Å². The topological polar surface area (TPSA) is 102 Å². The number of nitrogens with one attached hydrogen (secondary N) is 2. The molecule has 0 unspecified atom stereocenters. The van der Waals surface area contributed by atoms with Gasteiger partial charge >= 0.3 is 5.97 Å². The number of carbonyl (C=O) groups excluding carboxylic acids is 2. The van der Waals surface area contributed by atoms with Crippen molar-refractivity contribution in [2.75, 3.05) is 13.2 Å². The predicted octanol–water partition coefficient (Wildman–Crippen LogP) is 2.09. The lowest BCUT2D eigenvalue weighted by Gasteiger charge is -2.07. The SMILES string of the molecule is O=C(COC(=O)CNS(=O)(=O)C=Cc1ccccc1)NCc1ccc(Cl)cc1. The highest BCUT2D eigenvalue weighted by molar-refractivity contribution is 7.92. The second-order valence-electron chi connectivity index (χ2n) is 5.64. The first-order valence-corrected chi connectivity index (χ1v) is 10.2. The summed E-state index contributed by atoms with van der Waals surface area (Å²) in [5.41, 5.74) is 1.54. The van der Waals surface area contributed by atoms with Crippen molar-refractivity contribution in [2.24, 2.45) is 0 Å². The third kappa shape index (κ3) is 8.34. The molecule has 28 heavy (non-hydrogen) atoms. The standard InChI is InChI=1S/C19H19ClN2O5S/c20-17-8-6-16(7-9-17)12-21-18(23)14-27-19(24)13-22-28(25,26)11-10-15-4-2-1-3-5-15/h1-11,22H,12-14H2,(H,21,23). The summed E-state index contributed by atoms with van der Waals surface area (Å²) < 4.78 is 30.5. The van der Waals surface area contributed by atoms with E-state index in [1.807, 2.05) is 6.07 Å². The van der Waals surface area contributed by atoms with Crippen LogP contribution in [-0.2, 0) is 30.9 Å². The largest absolute Gasteiger partial charge is 0.455 e. The summed E-state index contributed by atoms with van der Waals surface area (Å²) in [6.45, 7) is -0.829. The maximum atomic E-state index is 11.8. The number of ether oxygens (including phenoxy) is 1. The van der Waals surface area contributed by atoms with Gasteiger partial charge in [0.2, 0.25) is 10.0 Å². The fourth-order valence-corrected chi connectivity index (χ4v) is 2.87. The zero-order valence-electron chi connectivity index (χ0n) is 14.8. The van der Waals surface area contributed by atoms with Gasteiger partial charge in [-0.3, -0.25) is 9.59 Å². The molecule has 0 aliphatic carbocycles. The molecule has 0 saturated carbocycles. The van der Waals surface area contributed by atoms with E-state index in [0.717, 1.165) is 11.0 Å². The molecular formula is C19H19ClN2O5S. The van der Waals surface area contributed by atoms with Gasteiger partial charge in [-0.1, -0.05) is 54.1 Å². The fourth-order valence-electron chi connectivity index (χ4n) is 1.99. The van der Waals surface area contributed by atoms with E-state index in [0.29, 0.717) is 10.6 Å². The molecule has 2 aromatic carbocycles. The lowest BCUT2D eigenvalue weighted by molar-refractivity contribution is -0.147. The summed E-state index contributed by atoms with van der Waals surface area (Å²) in [4.78, 5) is 23.3. The molecule has 1 amide bonds. The van der Waals surface area contributed by atoms with Crippen LogP contribution < -0.4 is 10.0 Å². The molecule has 0 spiro atoms. The van der Waals surface area contributed by atoms with Crippen LogP contribution in [0.3, 0.4) is 0 Å². The Bertz CT molecular complexity index is 929. The highest BCUT2D eigenvalue weighted by Crippen LogP contribution is 2.09. The molecule has 0 bridgehead atoms. The van der Waals surface area contributed by atoms with Crippen molar-refractivity contribution in [3.05, 3.63) is 76.2 Å². The molecule has 0 radical (unpaired) electrons. The normalized spacial score (nSPS) is 11.3. The van der Waals surface area contributed by atoms with Crippen molar-refractivity contribution in [1.82, 2.24) is 10.0 Å². The molecular weight excluding hydrogens is 404 g/mol. The Labute approximate surface area is 168 Å². The lowest BCUT2D eigenvalue weighted by atomic mass is 10.2. The average molecular weight is 423 g/mol. The van der Waals surface area contributed by atoms with E-state index >= 15 is 0 Å². The van der Waals surface area contributed by atoms with Gasteiger partial charge in [0, 0.05) is 17.0 Å². The van der Waals surface area contributed by atoms with E-state index in [1.54, 1.807) is 48.5 Å². The minimum Gasteiger partial charge on any atom is -0.455 e. The number of sulfonamides is 1. The Hall–Kier alpha value is -2.68. The maximum absolute atomic E-state index is 11.8. The minimum atomic E-state index is -3.81. The van der Waals surface area contributed by atoms with Crippen LogP contribution in [0.2, 0.25) is 5.02 Å². The summed E-state index contributed by atoms with van der Waals surface area (Å²) in [5, 5.41) is 4.12. The third-order valence-corrected chi connectivity index (χ3v) is 4.72. The highest BCUT2D eigenvalue weighted by Gasteiger charge is 2.11. The zero-order chi connectivity index (χ0) is 20.4. The van der Waals surface area contributed by atoms with Gasteiger partial charge in [0.15, 0.2) is 6.61 Å². The fraction of sp³-hybridized carbons (Fsp3) is 0.158. The van der Waals surface area contributed by atoms with Gasteiger partial charge in [0.25, 0.3) is 5.91 Å². The predicted molar refractivity (Wildman–Crippen MR) is 107 cm³/mol. The molecule has 7 nitrogen and oxygen atoms in total. The van der Waals surface area contributed by atoms with Crippen molar-refractivity contribution in [3.63, 3.8) is 0 Å². The van der Waals surface area contributed by atoms with Crippen LogP contribution in [0.15, 0.2) is 60.0 Å². The Balaban J connectivity index is 1.69. The van der Waals surface area contributed by atoms with Crippen molar-refractivity contribution in [1.29, 1.82) is 0 Å². The molecule has 0 fully saturated rings. The van der Waals surface area contributed by atoms with Crippen LogP contribution in [0, 0.1) is 0 Å². The van der Waals surface area contributed by atoms with Crippen LogP contribution in [-0.4, -0.2) is 33.4 Å². The first-order valence-electron chi connectivity index (χ1n) is 8.24. The van der Waals surface area contributed by atoms with Gasteiger partial charge in [-0.25, -0.2) is 13.1 Å². The first-order chi connectivity index (χ1) is 13.3. The molecule has 0 aliphatic rings. The second kappa shape index (κ2) is 10.6. The van der Waals surface area contributed by atoms with Crippen LogP contribution in [0.1, 0.15) is 11.1 Å². The molecule has 0 aliphatic heterocycles. The summed E-state index contributed by atoms with van der Waals surface area (Å²) in [6, 6.07) is 15.7.